The first kappa shape index (κ1) is 10.9. The second kappa shape index (κ2) is 3.44. The molecule has 0 aliphatic rings. The van der Waals surface area contributed by atoms with Gasteiger partial charge in [-0.25, -0.2) is 9.37 Å². The predicted octanol–water partition coefficient (Wildman–Crippen LogP) is 3.33. The van der Waals surface area contributed by atoms with Gasteiger partial charge in [0, 0.05) is 11.1 Å². The topological polar surface area (TPSA) is 38.9 Å². The van der Waals surface area contributed by atoms with Crippen molar-refractivity contribution in [2.24, 2.45) is 0 Å². The summed E-state index contributed by atoms with van der Waals surface area (Å²) >= 11 is 0. The summed E-state index contributed by atoms with van der Waals surface area (Å²) in [7, 11) is 0. The molecule has 0 saturated heterocycles. The summed E-state index contributed by atoms with van der Waals surface area (Å²) in [5.41, 5.74) is 7.27. The summed E-state index contributed by atoms with van der Waals surface area (Å²) in [6.07, 6.45) is 0. The Balaban J connectivity index is 2.74. The Hall–Kier alpha value is -1.64. The van der Waals surface area contributed by atoms with E-state index >= 15 is 0 Å². The fourth-order valence-corrected chi connectivity index (χ4v) is 1.67. The van der Waals surface area contributed by atoms with Crippen molar-refractivity contribution in [1.82, 2.24) is 4.98 Å². The number of fused-ring (bicyclic) bond motifs is 1. The molecule has 0 amide bonds. The number of aryl methyl sites for hydroxylation is 1. The zero-order valence-electron chi connectivity index (χ0n) is 9.71. The lowest BCUT2D eigenvalue weighted by Gasteiger charge is -2.15. The number of anilines is 1. The molecule has 1 aromatic heterocycles. The van der Waals surface area contributed by atoms with Crippen molar-refractivity contribution in [3.05, 3.63) is 35.5 Å². The Morgan fingerprint density at radius 1 is 1.25 bits per heavy atom. The molecule has 2 N–H and O–H groups in total. The molecule has 0 aliphatic heterocycles. The molecule has 0 spiro atoms. The van der Waals surface area contributed by atoms with Gasteiger partial charge in [0.25, 0.3) is 0 Å². The summed E-state index contributed by atoms with van der Waals surface area (Å²) < 4.78 is 13.8. The summed E-state index contributed by atoms with van der Waals surface area (Å²) in [4.78, 5) is 4.29. The lowest BCUT2D eigenvalue weighted by molar-refractivity contribution is 0.215. The highest BCUT2D eigenvalue weighted by atomic mass is 19.1. The third kappa shape index (κ3) is 1.85. The van der Waals surface area contributed by atoms with Gasteiger partial charge < -0.3 is 5.73 Å². The van der Waals surface area contributed by atoms with Crippen LogP contribution in [0, 0.1) is 6.92 Å². The fourth-order valence-electron chi connectivity index (χ4n) is 1.67. The van der Waals surface area contributed by atoms with Crippen molar-refractivity contribution in [3.8, 4) is 0 Å². The molecule has 16 heavy (non-hydrogen) atoms. The standard InChI is InChI=1S/C13H15FN2/c1-8-4-5-11-9(6-8)10(15)7-12(16-11)13(2,3)14/h4-7H,1-3H3,(H2,15,16). The lowest BCUT2D eigenvalue weighted by Crippen LogP contribution is -2.12. The van der Waals surface area contributed by atoms with Crippen LogP contribution in [0.5, 0.6) is 0 Å². The maximum Gasteiger partial charge on any atom is 0.147 e. The van der Waals surface area contributed by atoms with Gasteiger partial charge in [-0.1, -0.05) is 11.6 Å². The molecule has 1 heterocycles. The van der Waals surface area contributed by atoms with Crippen LogP contribution in [-0.4, -0.2) is 4.98 Å². The van der Waals surface area contributed by atoms with Crippen molar-refractivity contribution in [2.75, 3.05) is 5.73 Å². The average molecular weight is 218 g/mol. The third-order valence-corrected chi connectivity index (χ3v) is 2.61. The minimum absolute atomic E-state index is 0.376. The SMILES string of the molecule is Cc1ccc2nc(C(C)(C)F)cc(N)c2c1. The quantitative estimate of drug-likeness (QED) is 0.797. The number of rotatable bonds is 1. The normalized spacial score (nSPS) is 12.0. The summed E-state index contributed by atoms with van der Waals surface area (Å²) in [5.74, 6) is 0. The minimum atomic E-state index is -1.47. The number of benzene rings is 1. The number of pyridine rings is 1. The zero-order chi connectivity index (χ0) is 11.9. The molecule has 0 aliphatic carbocycles. The molecule has 1 aromatic carbocycles. The van der Waals surface area contributed by atoms with E-state index in [9.17, 15) is 4.39 Å². The van der Waals surface area contributed by atoms with Gasteiger partial charge in [0.1, 0.15) is 5.67 Å². The summed E-state index contributed by atoms with van der Waals surface area (Å²) in [6, 6.07) is 7.40. The molecule has 0 saturated carbocycles. The van der Waals surface area contributed by atoms with E-state index in [0.29, 0.717) is 11.4 Å². The highest BCUT2D eigenvalue weighted by Crippen LogP contribution is 2.29. The summed E-state index contributed by atoms with van der Waals surface area (Å²) in [6.45, 7) is 4.95. The smallest absolute Gasteiger partial charge is 0.147 e. The van der Waals surface area contributed by atoms with Crippen LogP contribution in [0.15, 0.2) is 24.3 Å². The fraction of sp³-hybridized carbons (Fsp3) is 0.308. The van der Waals surface area contributed by atoms with Gasteiger partial charge in [-0.3, -0.25) is 0 Å². The Bertz CT molecular complexity index is 541. The van der Waals surface area contributed by atoms with E-state index in [2.05, 4.69) is 4.98 Å². The van der Waals surface area contributed by atoms with E-state index in [1.165, 1.54) is 13.8 Å². The highest BCUT2D eigenvalue weighted by molar-refractivity contribution is 5.90. The Kier molecular flexibility index (Phi) is 2.34. The number of aromatic nitrogens is 1. The van der Waals surface area contributed by atoms with Crippen LogP contribution < -0.4 is 5.73 Å². The minimum Gasteiger partial charge on any atom is -0.398 e. The number of nitrogens with two attached hydrogens (primary N) is 1. The van der Waals surface area contributed by atoms with Crippen molar-refractivity contribution < 1.29 is 4.39 Å². The second-order valence-corrected chi connectivity index (χ2v) is 4.59. The molecule has 0 unspecified atom stereocenters. The predicted molar refractivity (Wildman–Crippen MR) is 65.0 cm³/mol. The first-order valence-electron chi connectivity index (χ1n) is 5.24. The first-order valence-corrected chi connectivity index (χ1v) is 5.24. The number of nitrogens with zero attached hydrogens (tertiary/aromatic N) is 1. The first-order chi connectivity index (χ1) is 7.38. The van der Waals surface area contributed by atoms with Gasteiger partial charge in [-0.05, 0) is 39.0 Å². The van der Waals surface area contributed by atoms with Crippen LogP contribution in [0.1, 0.15) is 25.1 Å². The molecule has 2 rings (SSSR count). The van der Waals surface area contributed by atoms with Crippen LogP contribution in [0.2, 0.25) is 0 Å². The molecular weight excluding hydrogens is 203 g/mol. The van der Waals surface area contributed by atoms with Crippen molar-refractivity contribution in [3.63, 3.8) is 0 Å². The van der Waals surface area contributed by atoms with E-state index < -0.39 is 5.67 Å². The van der Waals surface area contributed by atoms with E-state index in [-0.39, 0.29) is 0 Å². The number of halogens is 1. The Labute approximate surface area is 94.3 Å². The maximum absolute atomic E-state index is 13.8. The molecule has 3 heteroatoms. The largest absolute Gasteiger partial charge is 0.398 e. The van der Waals surface area contributed by atoms with Crippen molar-refractivity contribution >= 4 is 16.6 Å². The molecule has 2 aromatic rings. The van der Waals surface area contributed by atoms with Gasteiger partial charge in [-0.2, -0.15) is 0 Å². The monoisotopic (exact) mass is 218 g/mol. The van der Waals surface area contributed by atoms with Gasteiger partial charge in [0.15, 0.2) is 0 Å². The number of hydrogen-bond acceptors (Lipinski definition) is 2. The van der Waals surface area contributed by atoms with Crippen LogP contribution in [0.25, 0.3) is 10.9 Å². The molecule has 0 radical (unpaired) electrons. The van der Waals surface area contributed by atoms with Crippen molar-refractivity contribution in [1.29, 1.82) is 0 Å². The van der Waals surface area contributed by atoms with Crippen molar-refractivity contribution in [2.45, 2.75) is 26.4 Å². The van der Waals surface area contributed by atoms with E-state index in [1.54, 1.807) is 6.07 Å². The second-order valence-electron chi connectivity index (χ2n) is 4.59. The summed E-state index contributed by atoms with van der Waals surface area (Å²) in [5, 5.41) is 0.882. The Morgan fingerprint density at radius 2 is 1.94 bits per heavy atom. The van der Waals surface area contributed by atoms with E-state index in [1.807, 2.05) is 25.1 Å². The van der Waals surface area contributed by atoms with E-state index in [0.717, 1.165) is 16.5 Å². The number of nitrogen functional groups attached to an aromatic ring is 1. The van der Waals surface area contributed by atoms with Crippen LogP contribution in [0.4, 0.5) is 10.1 Å². The number of alkyl halides is 1. The molecule has 0 bridgehead atoms. The van der Waals surface area contributed by atoms with Gasteiger partial charge in [0.05, 0.1) is 11.2 Å². The zero-order valence-corrected chi connectivity index (χ0v) is 9.71. The van der Waals surface area contributed by atoms with Crippen LogP contribution in [-0.2, 0) is 5.67 Å². The molecule has 84 valence electrons. The van der Waals surface area contributed by atoms with Gasteiger partial charge >= 0.3 is 0 Å². The molecule has 0 atom stereocenters. The lowest BCUT2D eigenvalue weighted by atomic mass is 10.0. The maximum atomic E-state index is 13.8. The number of hydrogen-bond donors (Lipinski definition) is 1. The third-order valence-electron chi connectivity index (χ3n) is 2.61. The average Bonchev–Trinajstić information content (AvgIpc) is 2.17. The molecular formula is C13H15FN2. The molecule has 2 nitrogen and oxygen atoms in total. The van der Waals surface area contributed by atoms with Gasteiger partial charge in [-0.15, -0.1) is 0 Å². The van der Waals surface area contributed by atoms with Crippen LogP contribution in [0.3, 0.4) is 0 Å². The van der Waals surface area contributed by atoms with Gasteiger partial charge in [0.2, 0.25) is 0 Å². The highest BCUT2D eigenvalue weighted by Gasteiger charge is 2.21. The Morgan fingerprint density at radius 3 is 2.56 bits per heavy atom. The van der Waals surface area contributed by atoms with E-state index in [4.69, 9.17) is 5.73 Å². The van der Waals surface area contributed by atoms with Crippen LogP contribution >= 0.6 is 0 Å². The molecule has 0 fully saturated rings.